The van der Waals surface area contributed by atoms with Crippen LogP contribution in [0, 0.1) is 0 Å². The van der Waals surface area contributed by atoms with Crippen LogP contribution < -0.4 is 4.74 Å². The number of tetrazole rings is 1. The summed E-state index contributed by atoms with van der Waals surface area (Å²) < 4.78 is 7.33. The summed E-state index contributed by atoms with van der Waals surface area (Å²) in [7, 11) is 1.69. The second-order valence-corrected chi connectivity index (χ2v) is 9.01. The van der Waals surface area contributed by atoms with Crippen molar-refractivity contribution in [3.8, 4) is 5.75 Å². The molecule has 1 saturated heterocycles. The molecule has 1 unspecified atom stereocenters. The van der Waals surface area contributed by atoms with Gasteiger partial charge in [-0.1, -0.05) is 84.9 Å². The molecule has 0 spiro atoms. The van der Waals surface area contributed by atoms with E-state index in [1.165, 1.54) is 11.1 Å². The smallest absolute Gasteiger partial charge is 0.173 e. The summed E-state index contributed by atoms with van der Waals surface area (Å²) in [6, 6.07) is 29.0. The molecule has 0 N–H and O–H groups in total. The van der Waals surface area contributed by atoms with Gasteiger partial charge in [0, 0.05) is 32.7 Å². The predicted octanol–water partition coefficient (Wildman–Crippen LogP) is 4.15. The minimum Gasteiger partial charge on any atom is -0.497 e. The van der Waals surface area contributed by atoms with Gasteiger partial charge < -0.3 is 4.74 Å². The Morgan fingerprint density at radius 1 is 0.861 bits per heavy atom. The lowest BCUT2D eigenvalue weighted by atomic mass is 10.0. The van der Waals surface area contributed by atoms with Crippen molar-refractivity contribution in [1.82, 2.24) is 30.0 Å². The minimum atomic E-state index is -0.0309. The molecule has 4 aromatic rings. The minimum absolute atomic E-state index is 0.0309. The van der Waals surface area contributed by atoms with E-state index in [2.05, 4.69) is 86.0 Å². The van der Waals surface area contributed by atoms with Crippen molar-refractivity contribution in [2.75, 3.05) is 39.8 Å². The average molecular weight is 481 g/mol. The van der Waals surface area contributed by atoms with Crippen molar-refractivity contribution in [3.63, 3.8) is 0 Å². The molecule has 184 valence electrons. The molecule has 0 saturated carbocycles. The maximum atomic E-state index is 5.40. The highest BCUT2D eigenvalue weighted by Crippen LogP contribution is 2.29. The summed E-state index contributed by atoms with van der Waals surface area (Å²) in [5.41, 5.74) is 3.58. The summed E-state index contributed by atoms with van der Waals surface area (Å²) in [6.07, 6.45) is 4.45. The fourth-order valence-corrected chi connectivity index (χ4v) is 4.69. The lowest BCUT2D eigenvalue weighted by molar-refractivity contribution is 0.113. The van der Waals surface area contributed by atoms with E-state index < -0.39 is 0 Å². The van der Waals surface area contributed by atoms with Crippen LogP contribution in [0.15, 0.2) is 91.0 Å². The van der Waals surface area contributed by atoms with E-state index in [4.69, 9.17) is 4.74 Å². The van der Waals surface area contributed by atoms with Crippen LogP contribution in [0.3, 0.4) is 0 Å². The van der Waals surface area contributed by atoms with E-state index >= 15 is 0 Å². The van der Waals surface area contributed by atoms with Crippen LogP contribution in [0.4, 0.5) is 0 Å². The largest absolute Gasteiger partial charge is 0.497 e. The molecule has 3 aromatic carbocycles. The molecular weight excluding hydrogens is 448 g/mol. The van der Waals surface area contributed by atoms with E-state index in [0.29, 0.717) is 6.54 Å². The number of hydrogen-bond acceptors (Lipinski definition) is 6. The van der Waals surface area contributed by atoms with E-state index in [0.717, 1.165) is 49.9 Å². The predicted molar refractivity (Wildman–Crippen MR) is 142 cm³/mol. The van der Waals surface area contributed by atoms with Crippen LogP contribution in [0.25, 0.3) is 6.08 Å². The van der Waals surface area contributed by atoms with Crippen molar-refractivity contribution < 1.29 is 4.74 Å². The summed E-state index contributed by atoms with van der Waals surface area (Å²) in [6.45, 7) is 5.45. The van der Waals surface area contributed by atoms with Crippen LogP contribution in [0.5, 0.6) is 5.75 Å². The van der Waals surface area contributed by atoms with Crippen molar-refractivity contribution >= 4 is 6.08 Å². The summed E-state index contributed by atoms with van der Waals surface area (Å²) in [5.74, 6) is 1.71. The summed E-state index contributed by atoms with van der Waals surface area (Å²) in [4.78, 5) is 4.99. The number of methoxy groups -OCH3 is 1. The number of benzene rings is 3. The van der Waals surface area contributed by atoms with Crippen LogP contribution >= 0.6 is 0 Å². The number of piperazine rings is 1. The first kappa shape index (κ1) is 23.9. The fraction of sp³-hybridized carbons (Fsp3) is 0.276. The molecular formula is C29H32N6O. The van der Waals surface area contributed by atoms with E-state index in [1.54, 1.807) is 7.11 Å². The zero-order valence-corrected chi connectivity index (χ0v) is 20.6. The van der Waals surface area contributed by atoms with Gasteiger partial charge in [-0.15, -0.1) is 5.10 Å². The summed E-state index contributed by atoms with van der Waals surface area (Å²) >= 11 is 0. The van der Waals surface area contributed by atoms with Crippen LogP contribution in [0.2, 0.25) is 0 Å². The van der Waals surface area contributed by atoms with Gasteiger partial charge in [-0.3, -0.25) is 9.80 Å². The Balaban J connectivity index is 1.32. The van der Waals surface area contributed by atoms with Crippen LogP contribution in [0.1, 0.15) is 28.6 Å². The maximum Gasteiger partial charge on any atom is 0.173 e. The molecule has 1 atom stereocenters. The second-order valence-electron chi connectivity index (χ2n) is 9.01. The first-order chi connectivity index (χ1) is 17.8. The normalized spacial score (nSPS) is 15.8. The Morgan fingerprint density at radius 3 is 2.25 bits per heavy atom. The molecule has 1 aliphatic rings. The van der Waals surface area contributed by atoms with Crippen LogP contribution in [-0.2, 0) is 6.54 Å². The molecule has 7 nitrogen and oxygen atoms in total. The van der Waals surface area contributed by atoms with E-state index in [-0.39, 0.29) is 6.04 Å². The van der Waals surface area contributed by atoms with Gasteiger partial charge >= 0.3 is 0 Å². The molecule has 0 radical (unpaired) electrons. The first-order valence-electron chi connectivity index (χ1n) is 12.4. The molecule has 0 amide bonds. The average Bonchev–Trinajstić information content (AvgIpc) is 3.38. The lowest BCUT2D eigenvalue weighted by Gasteiger charge is -2.38. The monoisotopic (exact) mass is 480 g/mol. The molecule has 2 heterocycles. The Kier molecular flexibility index (Phi) is 7.80. The highest BCUT2D eigenvalue weighted by Gasteiger charge is 2.30. The SMILES string of the molecule is COc1ccc(C(c2nnnn2Cc2ccccc2)N2CCN(C/C=C/c3ccccc3)CC2)cc1. The summed E-state index contributed by atoms with van der Waals surface area (Å²) in [5, 5.41) is 12.9. The van der Waals surface area contributed by atoms with Crippen molar-refractivity contribution in [2.45, 2.75) is 12.6 Å². The molecule has 1 aromatic heterocycles. The van der Waals surface area contributed by atoms with Gasteiger partial charge in [0.25, 0.3) is 0 Å². The Hall–Kier alpha value is -3.81. The second kappa shape index (κ2) is 11.7. The molecule has 5 rings (SSSR count). The van der Waals surface area contributed by atoms with Crippen molar-refractivity contribution in [2.24, 2.45) is 0 Å². The Bertz CT molecular complexity index is 1230. The number of hydrogen-bond donors (Lipinski definition) is 0. The molecule has 1 fully saturated rings. The number of ether oxygens (including phenoxy) is 1. The van der Waals surface area contributed by atoms with Crippen LogP contribution in [-0.4, -0.2) is 69.8 Å². The van der Waals surface area contributed by atoms with Gasteiger partial charge in [0.05, 0.1) is 19.7 Å². The van der Waals surface area contributed by atoms with Crippen molar-refractivity contribution in [1.29, 1.82) is 0 Å². The van der Waals surface area contributed by atoms with Gasteiger partial charge in [-0.05, 0) is 39.2 Å². The molecule has 0 aliphatic carbocycles. The molecule has 7 heteroatoms. The third-order valence-corrected chi connectivity index (χ3v) is 6.66. The van der Waals surface area contributed by atoms with Crippen molar-refractivity contribution in [3.05, 3.63) is 114 Å². The van der Waals surface area contributed by atoms with Gasteiger partial charge in [-0.25, -0.2) is 4.68 Å². The zero-order chi connectivity index (χ0) is 24.6. The number of aromatic nitrogens is 4. The number of rotatable bonds is 9. The third-order valence-electron chi connectivity index (χ3n) is 6.66. The molecule has 36 heavy (non-hydrogen) atoms. The molecule has 1 aliphatic heterocycles. The quantitative estimate of drug-likeness (QED) is 0.359. The Labute approximate surface area is 212 Å². The molecule has 0 bridgehead atoms. The highest BCUT2D eigenvalue weighted by atomic mass is 16.5. The topological polar surface area (TPSA) is 59.3 Å². The third kappa shape index (κ3) is 5.87. The van der Waals surface area contributed by atoms with Gasteiger partial charge in [0.2, 0.25) is 0 Å². The number of nitrogens with zero attached hydrogens (tertiary/aromatic N) is 6. The first-order valence-corrected chi connectivity index (χ1v) is 12.4. The van der Waals surface area contributed by atoms with E-state index in [1.807, 2.05) is 41.1 Å². The Morgan fingerprint density at radius 2 is 1.56 bits per heavy atom. The van der Waals surface area contributed by atoms with Gasteiger partial charge in [-0.2, -0.15) is 0 Å². The maximum absolute atomic E-state index is 5.40. The zero-order valence-electron chi connectivity index (χ0n) is 20.6. The standard InChI is InChI=1S/C29H32N6O/c1-36-27-16-14-26(15-17-27)28(29-30-31-32-35(29)23-25-11-6-3-7-12-25)34-21-19-33(20-22-34)18-8-13-24-9-4-2-5-10-24/h2-17,28H,18-23H2,1H3/b13-8+. The highest BCUT2D eigenvalue weighted by molar-refractivity contribution is 5.48. The van der Waals surface area contributed by atoms with E-state index in [9.17, 15) is 0 Å². The van der Waals surface area contributed by atoms with Gasteiger partial charge in [0.1, 0.15) is 5.75 Å². The fourth-order valence-electron chi connectivity index (χ4n) is 4.69. The lowest BCUT2D eigenvalue weighted by Crippen LogP contribution is -2.48. The van der Waals surface area contributed by atoms with Gasteiger partial charge in [0.15, 0.2) is 5.82 Å².